The largest absolute Gasteiger partial charge is 0.456 e. The van der Waals surface area contributed by atoms with Crippen molar-refractivity contribution in [3.05, 3.63) is 119 Å². The molecule has 1 heterocycles. The molecule has 42 heavy (non-hydrogen) atoms. The number of aryl methyl sites for hydroxylation is 1. The van der Waals surface area contributed by atoms with E-state index >= 15 is 0 Å². The molecule has 1 aliphatic rings. The van der Waals surface area contributed by atoms with Crippen molar-refractivity contribution in [2.75, 3.05) is 11.9 Å². The predicted molar refractivity (Wildman–Crippen MR) is 149 cm³/mol. The number of carbonyl (C=O) groups is 1. The maximum absolute atomic E-state index is 14.0. The maximum Gasteiger partial charge on any atom is 0.419 e. The average Bonchev–Trinajstić information content (AvgIpc) is 2.94. The number of hydrogen-bond acceptors (Lipinski definition) is 4. The Morgan fingerprint density at radius 3 is 2.40 bits per heavy atom. The molecule has 0 bridgehead atoms. The van der Waals surface area contributed by atoms with Crippen molar-refractivity contribution in [1.82, 2.24) is 4.31 Å². The highest BCUT2D eigenvalue weighted by atomic mass is 32.2. The molecule has 1 amide bonds. The molecule has 4 aromatic carbocycles. The van der Waals surface area contributed by atoms with E-state index in [4.69, 9.17) is 4.74 Å². The van der Waals surface area contributed by atoms with Gasteiger partial charge in [-0.3, -0.25) is 4.79 Å². The van der Waals surface area contributed by atoms with Crippen LogP contribution >= 0.6 is 0 Å². The lowest BCUT2D eigenvalue weighted by Crippen LogP contribution is -2.36. The third kappa shape index (κ3) is 6.17. The number of hydrogen-bond donors (Lipinski definition) is 1. The molecular formula is C31H26F4N2O4S. The number of rotatable bonds is 7. The Hall–Kier alpha value is -4.22. The monoisotopic (exact) mass is 598 g/mol. The minimum atomic E-state index is -4.83. The first-order valence-electron chi connectivity index (χ1n) is 13.0. The molecule has 0 spiro atoms. The molecule has 218 valence electrons. The smallest absolute Gasteiger partial charge is 0.419 e. The lowest BCUT2D eigenvalue weighted by atomic mass is 9.95. The summed E-state index contributed by atoms with van der Waals surface area (Å²) < 4.78 is 87.3. The Balaban J connectivity index is 1.34. The van der Waals surface area contributed by atoms with E-state index in [9.17, 15) is 30.8 Å². The summed E-state index contributed by atoms with van der Waals surface area (Å²) in [6, 6.07) is 21.2. The summed E-state index contributed by atoms with van der Waals surface area (Å²) in [6.45, 7) is 1.99. The van der Waals surface area contributed by atoms with Crippen LogP contribution in [0.15, 0.2) is 89.8 Å². The van der Waals surface area contributed by atoms with Gasteiger partial charge in [0.05, 0.1) is 12.0 Å². The Morgan fingerprint density at radius 2 is 1.69 bits per heavy atom. The number of sulfonamides is 1. The lowest BCUT2D eigenvalue weighted by Gasteiger charge is -2.30. The molecule has 0 fully saturated rings. The normalized spacial score (nSPS) is 13.8. The van der Waals surface area contributed by atoms with Crippen LogP contribution in [0.5, 0.6) is 11.5 Å². The number of halogens is 4. The predicted octanol–water partition coefficient (Wildman–Crippen LogP) is 6.87. The molecule has 6 nitrogen and oxygen atoms in total. The van der Waals surface area contributed by atoms with Gasteiger partial charge in [0.1, 0.15) is 22.2 Å². The summed E-state index contributed by atoms with van der Waals surface area (Å²) in [4.78, 5) is 12.9. The Labute approximate surface area is 240 Å². The van der Waals surface area contributed by atoms with Crippen molar-refractivity contribution in [2.24, 2.45) is 0 Å². The Bertz CT molecular complexity index is 1740. The van der Waals surface area contributed by atoms with E-state index < -0.39 is 33.5 Å². The lowest BCUT2D eigenvalue weighted by molar-refractivity contribution is -0.140. The fourth-order valence-electron chi connectivity index (χ4n) is 4.90. The number of anilines is 1. The van der Waals surface area contributed by atoms with Gasteiger partial charge in [-0.05, 0) is 72.0 Å². The molecule has 1 N–H and O–H groups in total. The van der Waals surface area contributed by atoms with Crippen LogP contribution in [0.2, 0.25) is 0 Å². The zero-order valence-electron chi connectivity index (χ0n) is 22.4. The van der Waals surface area contributed by atoms with Crippen LogP contribution in [-0.2, 0) is 40.4 Å². The van der Waals surface area contributed by atoms with Crippen LogP contribution in [0.1, 0.15) is 27.8 Å². The first-order valence-corrected chi connectivity index (χ1v) is 14.5. The van der Waals surface area contributed by atoms with Crippen LogP contribution in [-0.4, -0.2) is 25.2 Å². The molecule has 1 aliphatic heterocycles. The van der Waals surface area contributed by atoms with Crippen LogP contribution < -0.4 is 10.1 Å². The van der Waals surface area contributed by atoms with Crippen molar-refractivity contribution in [3.63, 3.8) is 0 Å². The van der Waals surface area contributed by atoms with Crippen molar-refractivity contribution in [2.45, 2.75) is 37.4 Å². The van der Waals surface area contributed by atoms with E-state index in [-0.39, 0.29) is 35.7 Å². The number of carbonyl (C=O) groups excluding carboxylic acids is 1. The van der Waals surface area contributed by atoms with Gasteiger partial charge in [-0.25, -0.2) is 12.8 Å². The highest BCUT2D eigenvalue weighted by molar-refractivity contribution is 7.89. The topological polar surface area (TPSA) is 75.7 Å². The van der Waals surface area contributed by atoms with Gasteiger partial charge in [0.15, 0.2) is 0 Å². The zero-order valence-corrected chi connectivity index (χ0v) is 23.2. The number of amides is 1. The van der Waals surface area contributed by atoms with Crippen LogP contribution in [0.4, 0.5) is 23.2 Å². The molecule has 4 aromatic rings. The summed E-state index contributed by atoms with van der Waals surface area (Å²) in [5, 5.41) is 2.80. The molecule has 0 radical (unpaired) electrons. The highest BCUT2D eigenvalue weighted by Gasteiger charge is 2.34. The van der Waals surface area contributed by atoms with Gasteiger partial charge in [0.2, 0.25) is 15.9 Å². The van der Waals surface area contributed by atoms with Crippen molar-refractivity contribution >= 4 is 21.6 Å². The molecule has 0 saturated heterocycles. The second-order valence-electron chi connectivity index (χ2n) is 9.88. The average molecular weight is 599 g/mol. The van der Waals surface area contributed by atoms with E-state index in [0.717, 1.165) is 17.2 Å². The van der Waals surface area contributed by atoms with Gasteiger partial charge >= 0.3 is 6.18 Å². The molecule has 0 aromatic heterocycles. The molecular weight excluding hydrogens is 572 g/mol. The van der Waals surface area contributed by atoms with Crippen LogP contribution in [0.3, 0.4) is 0 Å². The molecule has 5 rings (SSSR count). The molecule has 0 saturated carbocycles. The number of ether oxygens (including phenoxy) is 1. The standard InChI is InChI=1S/C31H26F4N2O4S/c1-20-11-13-22-19-37(42(39,40)28-10-6-5-9-27(28)41-23-7-3-2-4-8-23)16-15-24(22)30(20)36-29(38)18-21-12-14-25(26(32)17-21)31(33,34)35/h2-14,17H,15-16,18-19H2,1H3,(H,36,38). The van der Waals surface area contributed by atoms with Gasteiger partial charge < -0.3 is 10.1 Å². The van der Waals surface area contributed by atoms with Gasteiger partial charge in [0.25, 0.3) is 0 Å². The Kier molecular flexibility index (Phi) is 8.07. The number of fused-ring (bicyclic) bond motifs is 1. The van der Waals surface area contributed by atoms with Crippen molar-refractivity contribution < 1.29 is 35.5 Å². The van der Waals surface area contributed by atoms with Gasteiger partial charge in [-0.2, -0.15) is 17.5 Å². The van der Waals surface area contributed by atoms with E-state index in [1.54, 1.807) is 61.5 Å². The van der Waals surface area contributed by atoms with E-state index in [1.807, 2.05) is 6.07 Å². The number of nitrogens with one attached hydrogen (secondary N) is 1. The number of benzene rings is 4. The van der Waals surface area contributed by atoms with E-state index in [0.29, 0.717) is 35.6 Å². The van der Waals surface area contributed by atoms with Crippen LogP contribution in [0.25, 0.3) is 0 Å². The number of nitrogens with zero attached hydrogens (tertiary/aromatic N) is 1. The minimum Gasteiger partial charge on any atom is -0.456 e. The van der Waals surface area contributed by atoms with Gasteiger partial charge in [0, 0.05) is 18.8 Å². The Morgan fingerprint density at radius 1 is 0.976 bits per heavy atom. The fraction of sp³-hybridized carbons (Fsp3) is 0.194. The summed E-state index contributed by atoms with van der Waals surface area (Å²) in [7, 11) is -3.96. The second-order valence-corrected chi connectivity index (χ2v) is 11.8. The summed E-state index contributed by atoms with van der Waals surface area (Å²) in [5.41, 5.74) is 1.41. The van der Waals surface area contributed by atoms with E-state index in [1.165, 1.54) is 10.4 Å². The first kappa shape index (κ1) is 29.3. The molecule has 0 unspecified atom stereocenters. The summed E-state index contributed by atoms with van der Waals surface area (Å²) in [5.74, 6) is -1.28. The quantitative estimate of drug-likeness (QED) is 0.236. The fourth-order valence-corrected chi connectivity index (χ4v) is 6.43. The summed E-state index contributed by atoms with van der Waals surface area (Å²) >= 11 is 0. The van der Waals surface area contributed by atoms with Crippen molar-refractivity contribution in [1.29, 1.82) is 0 Å². The van der Waals surface area contributed by atoms with Gasteiger partial charge in [-0.15, -0.1) is 0 Å². The minimum absolute atomic E-state index is 0.0294. The SMILES string of the molecule is Cc1ccc2c(c1NC(=O)Cc1ccc(C(F)(F)F)c(F)c1)CCN(S(=O)(=O)c1ccccc1Oc1ccccc1)C2. The van der Waals surface area contributed by atoms with E-state index in [2.05, 4.69) is 5.32 Å². The molecule has 0 atom stereocenters. The highest BCUT2D eigenvalue weighted by Crippen LogP contribution is 2.36. The molecule has 11 heteroatoms. The second kappa shape index (κ2) is 11.6. The summed E-state index contributed by atoms with van der Waals surface area (Å²) in [6.07, 6.45) is -4.86. The number of alkyl halides is 3. The zero-order chi connectivity index (χ0) is 30.1. The molecule has 0 aliphatic carbocycles. The third-order valence-corrected chi connectivity index (χ3v) is 8.87. The first-order chi connectivity index (χ1) is 19.9. The van der Waals surface area contributed by atoms with Gasteiger partial charge in [-0.1, -0.05) is 48.5 Å². The third-order valence-electron chi connectivity index (χ3n) is 6.98. The maximum atomic E-state index is 14.0. The number of para-hydroxylation sites is 2. The van der Waals surface area contributed by atoms with Crippen molar-refractivity contribution in [3.8, 4) is 11.5 Å². The van der Waals surface area contributed by atoms with Crippen LogP contribution in [0, 0.1) is 12.7 Å².